The Labute approximate surface area is 321 Å². The summed E-state index contributed by atoms with van der Waals surface area (Å²) in [5.74, 6) is 0. The molecule has 254 valence electrons. The number of thiophene rings is 2. The van der Waals surface area contributed by atoms with Crippen molar-refractivity contribution in [3.8, 4) is 0 Å². The van der Waals surface area contributed by atoms with Gasteiger partial charge in [0.05, 0.1) is 5.69 Å². The number of anilines is 6. The van der Waals surface area contributed by atoms with Gasteiger partial charge < -0.3 is 9.80 Å². The fraction of sp³-hybridized carbons (Fsp3) is 0. The summed E-state index contributed by atoms with van der Waals surface area (Å²) in [5, 5.41) is 10.1. The van der Waals surface area contributed by atoms with E-state index in [0.29, 0.717) is 0 Å². The van der Waals surface area contributed by atoms with Crippen molar-refractivity contribution in [3.05, 3.63) is 194 Å². The first kappa shape index (κ1) is 31.1. The molecule has 0 radical (unpaired) electrons. The first-order valence-corrected chi connectivity index (χ1v) is 19.9. The zero-order valence-electron chi connectivity index (χ0n) is 29.2. The molecule has 0 fully saturated rings. The standard InChI is InChI=1S/C50H32N2S2/c1-3-14-34(15-4-1)51(36-24-27-43-41-19-9-11-21-47(41)53-49(43)31-36)38-29-45-39-18-8-7-13-33(39)23-26-40(45)46(30-38)52(35-16-5-2-6-17-35)37-25-28-44-42-20-10-12-22-48(42)54-50(44)32-37/h1-32H. The third kappa shape index (κ3) is 5.07. The van der Waals surface area contributed by atoms with Gasteiger partial charge in [-0.2, -0.15) is 0 Å². The topological polar surface area (TPSA) is 6.48 Å². The lowest BCUT2D eigenvalue weighted by atomic mass is 9.98. The van der Waals surface area contributed by atoms with Crippen LogP contribution < -0.4 is 9.80 Å². The Morgan fingerprint density at radius 1 is 0.259 bits per heavy atom. The summed E-state index contributed by atoms with van der Waals surface area (Å²) in [6.45, 7) is 0. The van der Waals surface area contributed by atoms with E-state index in [9.17, 15) is 0 Å². The molecule has 0 amide bonds. The molecule has 2 aromatic heterocycles. The van der Waals surface area contributed by atoms with Crippen LogP contribution in [0, 0.1) is 0 Å². The first-order valence-electron chi connectivity index (χ1n) is 18.3. The van der Waals surface area contributed by atoms with E-state index < -0.39 is 0 Å². The van der Waals surface area contributed by atoms with Crippen LogP contribution >= 0.6 is 22.7 Å². The minimum absolute atomic E-state index is 1.10. The number of rotatable bonds is 6. The maximum atomic E-state index is 2.45. The van der Waals surface area contributed by atoms with E-state index in [1.54, 1.807) is 0 Å². The first-order chi connectivity index (χ1) is 26.8. The zero-order chi connectivity index (χ0) is 35.6. The molecule has 0 aliphatic rings. The van der Waals surface area contributed by atoms with E-state index >= 15 is 0 Å². The van der Waals surface area contributed by atoms with E-state index in [4.69, 9.17) is 0 Å². The van der Waals surface area contributed by atoms with E-state index in [1.165, 1.54) is 61.9 Å². The van der Waals surface area contributed by atoms with Crippen molar-refractivity contribution in [3.63, 3.8) is 0 Å². The number of para-hydroxylation sites is 2. The molecule has 0 aliphatic heterocycles. The number of benzene rings is 9. The van der Waals surface area contributed by atoms with Crippen LogP contribution in [0.3, 0.4) is 0 Å². The average molecular weight is 725 g/mol. The largest absolute Gasteiger partial charge is 0.310 e. The molecular weight excluding hydrogens is 693 g/mol. The number of nitrogens with zero attached hydrogens (tertiary/aromatic N) is 2. The minimum Gasteiger partial charge on any atom is -0.310 e. The van der Waals surface area contributed by atoms with Crippen molar-refractivity contribution < 1.29 is 0 Å². The highest BCUT2D eigenvalue weighted by Crippen LogP contribution is 2.48. The van der Waals surface area contributed by atoms with Crippen LogP contribution in [0.2, 0.25) is 0 Å². The average Bonchev–Trinajstić information content (AvgIpc) is 3.79. The molecule has 11 aromatic rings. The highest BCUT2D eigenvalue weighted by molar-refractivity contribution is 7.26. The fourth-order valence-corrected chi connectivity index (χ4v) is 10.4. The second kappa shape index (κ2) is 12.6. The Kier molecular flexibility index (Phi) is 7.25. The lowest BCUT2D eigenvalue weighted by molar-refractivity contribution is 1.27. The summed E-state index contributed by atoms with van der Waals surface area (Å²) in [7, 11) is 0. The van der Waals surface area contributed by atoms with Crippen LogP contribution in [0.4, 0.5) is 34.1 Å². The molecule has 0 aliphatic carbocycles. The van der Waals surface area contributed by atoms with Crippen molar-refractivity contribution in [1.82, 2.24) is 0 Å². The quantitative estimate of drug-likeness (QED) is 0.158. The van der Waals surface area contributed by atoms with Crippen molar-refractivity contribution in [1.29, 1.82) is 0 Å². The maximum absolute atomic E-state index is 2.45. The summed E-state index contributed by atoms with van der Waals surface area (Å²) < 4.78 is 5.18. The van der Waals surface area contributed by atoms with E-state index in [2.05, 4.69) is 204 Å². The van der Waals surface area contributed by atoms with Gasteiger partial charge in [-0.15, -0.1) is 22.7 Å². The molecule has 0 saturated carbocycles. The maximum Gasteiger partial charge on any atom is 0.0561 e. The highest BCUT2D eigenvalue weighted by Gasteiger charge is 2.22. The SMILES string of the molecule is c1ccc(N(c2ccc3c(c2)sc2ccccc23)c2cc(N(c3ccccc3)c3ccc4c(c3)sc3ccccc34)c3ccc4ccccc4c3c2)cc1. The van der Waals surface area contributed by atoms with Crippen LogP contribution in [-0.4, -0.2) is 0 Å². The van der Waals surface area contributed by atoms with Crippen LogP contribution in [-0.2, 0) is 0 Å². The number of hydrogen-bond donors (Lipinski definition) is 0. The van der Waals surface area contributed by atoms with Gasteiger partial charge in [0.1, 0.15) is 0 Å². The van der Waals surface area contributed by atoms with Crippen LogP contribution in [0.5, 0.6) is 0 Å². The summed E-state index contributed by atoms with van der Waals surface area (Å²) in [5.41, 5.74) is 6.71. The highest BCUT2D eigenvalue weighted by atomic mass is 32.1. The number of fused-ring (bicyclic) bond motifs is 9. The minimum atomic E-state index is 1.10. The molecule has 11 rings (SSSR count). The zero-order valence-corrected chi connectivity index (χ0v) is 30.8. The second-order valence-corrected chi connectivity index (χ2v) is 15.9. The second-order valence-electron chi connectivity index (χ2n) is 13.7. The predicted molar refractivity (Wildman–Crippen MR) is 237 cm³/mol. The molecule has 2 nitrogen and oxygen atoms in total. The van der Waals surface area contributed by atoms with Gasteiger partial charge in [-0.1, -0.05) is 121 Å². The number of hydrogen-bond acceptors (Lipinski definition) is 4. The molecule has 0 N–H and O–H groups in total. The lowest BCUT2D eigenvalue weighted by Crippen LogP contribution is -2.14. The van der Waals surface area contributed by atoms with Gasteiger partial charge in [0.25, 0.3) is 0 Å². The van der Waals surface area contributed by atoms with Gasteiger partial charge in [-0.05, 0) is 89.0 Å². The van der Waals surface area contributed by atoms with Gasteiger partial charge in [-0.25, -0.2) is 0 Å². The molecule has 4 heteroatoms. The molecule has 9 aromatic carbocycles. The smallest absolute Gasteiger partial charge is 0.0561 e. The van der Waals surface area contributed by atoms with Gasteiger partial charge in [-0.3, -0.25) is 0 Å². The predicted octanol–water partition coefficient (Wildman–Crippen LogP) is 15.7. The van der Waals surface area contributed by atoms with Crippen LogP contribution in [0.25, 0.3) is 61.9 Å². The Balaban J connectivity index is 1.20. The molecule has 0 bridgehead atoms. The molecule has 2 heterocycles. The molecule has 54 heavy (non-hydrogen) atoms. The summed E-state index contributed by atoms with van der Waals surface area (Å²) in [6.07, 6.45) is 0. The van der Waals surface area contributed by atoms with Crippen molar-refractivity contribution in [2.24, 2.45) is 0 Å². The summed E-state index contributed by atoms with van der Waals surface area (Å²) in [4.78, 5) is 4.87. The Morgan fingerprint density at radius 3 is 1.37 bits per heavy atom. The van der Waals surface area contributed by atoms with Crippen molar-refractivity contribution in [2.45, 2.75) is 0 Å². The van der Waals surface area contributed by atoms with Crippen LogP contribution in [0.1, 0.15) is 0 Å². The van der Waals surface area contributed by atoms with Crippen molar-refractivity contribution >= 4 is 119 Å². The normalized spacial score (nSPS) is 11.7. The fourth-order valence-electron chi connectivity index (χ4n) is 8.13. The molecule has 0 unspecified atom stereocenters. The van der Waals surface area contributed by atoms with Gasteiger partial charge in [0.2, 0.25) is 0 Å². The van der Waals surface area contributed by atoms with Gasteiger partial charge >= 0.3 is 0 Å². The van der Waals surface area contributed by atoms with E-state index in [1.807, 2.05) is 22.7 Å². The third-order valence-electron chi connectivity index (χ3n) is 10.6. The Hall–Kier alpha value is -6.46. The van der Waals surface area contributed by atoms with Gasteiger partial charge in [0.15, 0.2) is 0 Å². The van der Waals surface area contributed by atoms with Gasteiger partial charge in [0, 0.05) is 74.2 Å². The lowest BCUT2D eigenvalue weighted by Gasteiger charge is -2.31. The monoisotopic (exact) mass is 724 g/mol. The summed E-state index contributed by atoms with van der Waals surface area (Å²) >= 11 is 3.72. The van der Waals surface area contributed by atoms with E-state index in [-0.39, 0.29) is 0 Å². The molecule has 0 atom stereocenters. The Morgan fingerprint density at radius 2 is 0.741 bits per heavy atom. The van der Waals surface area contributed by atoms with Crippen LogP contribution in [0.15, 0.2) is 194 Å². The van der Waals surface area contributed by atoms with E-state index in [0.717, 1.165) is 34.1 Å². The Bertz CT molecular complexity index is 3180. The molecule has 0 spiro atoms. The van der Waals surface area contributed by atoms with Crippen molar-refractivity contribution in [2.75, 3.05) is 9.80 Å². The summed E-state index contributed by atoms with van der Waals surface area (Å²) in [6, 6.07) is 71.1. The molecular formula is C50H32N2S2. The third-order valence-corrected chi connectivity index (χ3v) is 12.9. The molecule has 0 saturated heterocycles.